The maximum Gasteiger partial charge on any atom is 0.273 e. The highest BCUT2D eigenvalue weighted by molar-refractivity contribution is 5.91. The maximum absolute atomic E-state index is 12.0. The van der Waals surface area contributed by atoms with Gasteiger partial charge in [0.2, 0.25) is 11.8 Å². The molecule has 0 aliphatic heterocycles. The van der Waals surface area contributed by atoms with E-state index in [0.717, 1.165) is 12.8 Å². The molecule has 1 rings (SSSR count). The molecule has 1 aromatic heterocycles. The highest BCUT2D eigenvalue weighted by atomic mass is 16.3. The second kappa shape index (κ2) is 8.35. The average molecular weight is 281 g/mol. The van der Waals surface area contributed by atoms with Gasteiger partial charge in [-0.1, -0.05) is 13.3 Å². The fourth-order valence-corrected chi connectivity index (χ4v) is 1.76. The first-order valence-corrected chi connectivity index (χ1v) is 7.12. The predicted octanol–water partition coefficient (Wildman–Crippen LogP) is 1.96. The van der Waals surface area contributed by atoms with Crippen LogP contribution in [0.15, 0.2) is 10.7 Å². The van der Waals surface area contributed by atoms with Crippen molar-refractivity contribution in [3.8, 4) is 0 Å². The van der Waals surface area contributed by atoms with Gasteiger partial charge in [-0.05, 0) is 20.3 Å². The molecule has 2 amide bonds. The van der Waals surface area contributed by atoms with Crippen LogP contribution in [0.5, 0.6) is 0 Å². The van der Waals surface area contributed by atoms with E-state index in [1.807, 2.05) is 13.8 Å². The summed E-state index contributed by atoms with van der Waals surface area (Å²) >= 11 is 0. The Balaban J connectivity index is 2.61. The van der Waals surface area contributed by atoms with E-state index in [1.54, 1.807) is 4.90 Å². The van der Waals surface area contributed by atoms with Gasteiger partial charge in [0.05, 0.1) is 6.54 Å². The third kappa shape index (κ3) is 4.68. The van der Waals surface area contributed by atoms with Gasteiger partial charge in [-0.25, -0.2) is 4.98 Å². The zero-order chi connectivity index (χ0) is 15.0. The van der Waals surface area contributed by atoms with Crippen LogP contribution < -0.4 is 5.32 Å². The molecule has 112 valence electrons. The number of nitrogens with zero attached hydrogens (tertiary/aromatic N) is 2. The molecule has 1 heterocycles. The molecule has 1 N–H and O–H groups in total. The van der Waals surface area contributed by atoms with Crippen molar-refractivity contribution >= 4 is 11.8 Å². The Bertz CT molecular complexity index is 443. The molecule has 0 bridgehead atoms. The van der Waals surface area contributed by atoms with Crippen LogP contribution in [-0.2, 0) is 11.3 Å². The van der Waals surface area contributed by atoms with Crippen LogP contribution in [-0.4, -0.2) is 34.8 Å². The Morgan fingerprint density at radius 2 is 2.10 bits per heavy atom. The molecule has 0 saturated heterocycles. The third-order valence-electron chi connectivity index (χ3n) is 2.93. The van der Waals surface area contributed by atoms with Gasteiger partial charge in [-0.2, -0.15) is 0 Å². The summed E-state index contributed by atoms with van der Waals surface area (Å²) in [6, 6.07) is 0. The molecular formula is C14H23N3O3. The number of carbonyl (C=O) groups excluding carboxylic acids is 2. The molecule has 0 aliphatic carbocycles. The molecule has 0 saturated carbocycles. The van der Waals surface area contributed by atoms with E-state index in [-0.39, 0.29) is 17.5 Å². The van der Waals surface area contributed by atoms with E-state index in [0.29, 0.717) is 31.9 Å². The number of unbranched alkanes of at least 4 members (excludes halogenated alkanes) is 1. The Morgan fingerprint density at radius 3 is 2.70 bits per heavy atom. The van der Waals surface area contributed by atoms with Crippen molar-refractivity contribution < 1.29 is 14.0 Å². The molecule has 0 aliphatic rings. The average Bonchev–Trinajstić information content (AvgIpc) is 2.91. The van der Waals surface area contributed by atoms with Gasteiger partial charge >= 0.3 is 0 Å². The lowest BCUT2D eigenvalue weighted by molar-refractivity contribution is -0.132. The molecule has 0 aromatic carbocycles. The maximum atomic E-state index is 12.0. The molecule has 0 fully saturated rings. The molecule has 6 nitrogen and oxygen atoms in total. The third-order valence-corrected chi connectivity index (χ3v) is 2.93. The van der Waals surface area contributed by atoms with Crippen molar-refractivity contribution in [2.45, 2.75) is 46.6 Å². The zero-order valence-electron chi connectivity index (χ0n) is 12.4. The normalized spacial score (nSPS) is 10.3. The van der Waals surface area contributed by atoms with E-state index in [2.05, 4.69) is 17.2 Å². The lowest BCUT2D eigenvalue weighted by Gasteiger charge is -2.18. The van der Waals surface area contributed by atoms with Crippen LogP contribution in [0.2, 0.25) is 0 Å². The van der Waals surface area contributed by atoms with Gasteiger partial charge < -0.3 is 14.6 Å². The predicted molar refractivity (Wildman–Crippen MR) is 75.1 cm³/mol. The highest BCUT2D eigenvalue weighted by Gasteiger charge is 2.16. The summed E-state index contributed by atoms with van der Waals surface area (Å²) in [4.78, 5) is 29.3. The van der Waals surface area contributed by atoms with Gasteiger partial charge in [0.1, 0.15) is 6.26 Å². The lowest BCUT2D eigenvalue weighted by atomic mass is 10.2. The summed E-state index contributed by atoms with van der Waals surface area (Å²) in [6.07, 6.45) is 3.73. The minimum absolute atomic E-state index is 0.0899. The van der Waals surface area contributed by atoms with Gasteiger partial charge in [-0.15, -0.1) is 0 Å². The van der Waals surface area contributed by atoms with Crippen molar-refractivity contribution in [2.75, 3.05) is 13.1 Å². The summed E-state index contributed by atoms with van der Waals surface area (Å²) in [5.74, 6) is 0.216. The Labute approximate surface area is 119 Å². The van der Waals surface area contributed by atoms with Crippen LogP contribution in [0.25, 0.3) is 0 Å². The molecule has 20 heavy (non-hydrogen) atoms. The molecule has 6 heteroatoms. The summed E-state index contributed by atoms with van der Waals surface area (Å²) in [7, 11) is 0. The second-order valence-electron chi connectivity index (χ2n) is 4.50. The molecular weight excluding hydrogens is 258 g/mol. The Kier molecular flexibility index (Phi) is 6.76. The number of hydrogen-bond donors (Lipinski definition) is 1. The first-order chi connectivity index (χ1) is 9.62. The van der Waals surface area contributed by atoms with Gasteiger partial charge in [0, 0.05) is 19.5 Å². The first kappa shape index (κ1) is 16.2. The van der Waals surface area contributed by atoms with Gasteiger partial charge in [-0.3, -0.25) is 9.59 Å². The van der Waals surface area contributed by atoms with Crippen LogP contribution in [0, 0.1) is 0 Å². The summed E-state index contributed by atoms with van der Waals surface area (Å²) < 4.78 is 5.25. The monoisotopic (exact) mass is 281 g/mol. The smallest absolute Gasteiger partial charge is 0.273 e. The Hall–Kier alpha value is -1.85. The van der Waals surface area contributed by atoms with Crippen molar-refractivity contribution in [1.82, 2.24) is 15.2 Å². The molecule has 0 spiro atoms. The SMILES string of the molecule is CCCCC(=O)N(CC)Cc1nc(C(=O)NCC)co1. The van der Waals surface area contributed by atoms with E-state index in [1.165, 1.54) is 6.26 Å². The summed E-state index contributed by atoms with van der Waals surface area (Å²) in [6.45, 7) is 7.25. The van der Waals surface area contributed by atoms with E-state index in [9.17, 15) is 9.59 Å². The van der Waals surface area contributed by atoms with Crippen molar-refractivity contribution in [1.29, 1.82) is 0 Å². The van der Waals surface area contributed by atoms with Crippen molar-refractivity contribution in [3.05, 3.63) is 17.8 Å². The number of rotatable bonds is 8. The highest BCUT2D eigenvalue weighted by Crippen LogP contribution is 2.08. The number of oxazole rings is 1. The quantitative estimate of drug-likeness (QED) is 0.790. The fraction of sp³-hybridized carbons (Fsp3) is 0.643. The molecule has 0 atom stereocenters. The number of hydrogen-bond acceptors (Lipinski definition) is 4. The van der Waals surface area contributed by atoms with Crippen LogP contribution >= 0.6 is 0 Å². The Morgan fingerprint density at radius 1 is 1.35 bits per heavy atom. The van der Waals surface area contributed by atoms with Gasteiger partial charge in [0.25, 0.3) is 5.91 Å². The standard InChI is InChI=1S/C14H23N3O3/c1-4-7-8-13(18)17(6-3)9-12-16-11(10-20-12)14(19)15-5-2/h10H,4-9H2,1-3H3,(H,15,19). The van der Waals surface area contributed by atoms with Crippen LogP contribution in [0.3, 0.4) is 0 Å². The summed E-state index contributed by atoms with van der Waals surface area (Å²) in [5, 5.41) is 2.65. The van der Waals surface area contributed by atoms with Gasteiger partial charge in [0.15, 0.2) is 5.69 Å². The minimum Gasteiger partial charge on any atom is -0.446 e. The number of nitrogens with one attached hydrogen (secondary N) is 1. The number of carbonyl (C=O) groups is 2. The first-order valence-electron chi connectivity index (χ1n) is 7.12. The molecule has 0 radical (unpaired) electrons. The largest absolute Gasteiger partial charge is 0.446 e. The minimum atomic E-state index is -0.261. The lowest BCUT2D eigenvalue weighted by Crippen LogP contribution is -2.30. The van der Waals surface area contributed by atoms with Crippen LogP contribution in [0.4, 0.5) is 0 Å². The van der Waals surface area contributed by atoms with E-state index >= 15 is 0 Å². The summed E-state index contributed by atoms with van der Waals surface area (Å²) in [5.41, 5.74) is 0.249. The molecule has 1 aromatic rings. The van der Waals surface area contributed by atoms with Crippen molar-refractivity contribution in [3.63, 3.8) is 0 Å². The zero-order valence-corrected chi connectivity index (χ0v) is 12.4. The second-order valence-corrected chi connectivity index (χ2v) is 4.50. The van der Waals surface area contributed by atoms with Crippen LogP contribution in [0.1, 0.15) is 56.4 Å². The van der Waals surface area contributed by atoms with E-state index in [4.69, 9.17) is 4.42 Å². The number of amides is 2. The topological polar surface area (TPSA) is 75.4 Å². The number of aromatic nitrogens is 1. The van der Waals surface area contributed by atoms with Crippen molar-refractivity contribution in [2.24, 2.45) is 0 Å². The fourth-order valence-electron chi connectivity index (χ4n) is 1.76. The van der Waals surface area contributed by atoms with E-state index < -0.39 is 0 Å². The molecule has 0 unspecified atom stereocenters.